The molecule has 0 spiro atoms. The molecule has 0 aromatic carbocycles. The molecule has 196 valence electrons. The van der Waals surface area contributed by atoms with Crippen molar-refractivity contribution in [3.8, 4) is 0 Å². The highest BCUT2D eigenvalue weighted by molar-refractivity contribution is 6.29. The normalized spacial score (nSPS) is 10.3. The van der Waals surface area contributed by atoms with E-state index in [1.165, 1.54) is 24.5 Å². The summed E-state index contributed by atoms with van der Waals surface area (Å²) in [5, 5.41) is 6.02. The van der Waals surface area contributed by atoms with Crippen LogP contribution in [-0.4, -0.2) is 83.9 Å². The van der Waals surface area contributed by atoms with Crippen LogP contribution in [0.5, 0.6) is 0 Å². The molecule has 10 heteroatoms. The van der Waals surface area contributed by atoms with E-state index in [1.807, 2.05) is 0 Å². The van der Waals surface area contributed by atoms with Crippen molar-refractivity contribution in [2.75, 3.05) is 52.4 Å². The molecule has 0 bridgehead atoms. The number of carbonyl (C=O) groups excluding carboxylic acids is 2. The number of nitrogens with one attached hydrogen (secondary N) is 2. The zero-order chi connectivity index (χ0) is 25.3. The molecule has 0 radical (unpaired) electrons. The minimum atomic E-state index is -0.579. The number of amides is 2. The second-order valence-corrected chi connectivity index (χ2v) is 7.69. The Morgan fingerprint density at radius 3 is 1.57 bits per heavy atom. The average molecular weight is 510 g/mol. The van der Waals surface area contributed by atoms with Crippen molar-refractivity contribution in [3.05, 3.63) is 58.9 Å². The Morgan fingerprint density at radius 2 is 1.23 bits per heavy atom. The van der Waals surface area contributed by atoms with E-state index in [1.54, 1.807) is 12.1 Å². The molecular weight excluding hydrogens is 470 g/mol. The number of nitrogens with zero attached hydrogens (tertiary/aromatic N) is 4. The van der Waals surface area contributed by atoms with Gasteiger partial charge in [0, 0.05) is 38.6 Å². The second-order valence-electron chi connectivity index (χ2n) is 7.30. The molecule has 8 nitrogen and oxygen atoms in total. The summed E-state index contributed by atoms with van der Waals surface area (Å²) in [6.45, 7) is 15.2. The lowest BCUT2D eigenvalue weighted by molar-refractivity contribution is 0.0940. The lowest BCUT2D eigenvalue weighted by Crippen LogP contribution is -2.34. The molecule has 2 heterocycles. The zero-order valence-electron chi connectivity index (χ0n) is 20.5. The van der Waals surface area contributed by atoms with Gasteiger partial charge in [-0.1, -0.05) is 46.7 Å². The molecule has 2 amide bonds. The maximum atomic E-state index is 12.6. The number of hydrogen-bond acceptors (Lipinski definition) is 6. The molecule has 2 rings (SSSR count). The van der Waals surface area contributed by atoms with E-state index in [2.05, 4.69) is 58.1 Å². The molecule has 2 aromatic rings. The summed E-state index contributed by atoms with van der Waals surface area (Å²) in [5.41, 5.74) is 0.917. The lowest BCUT2D eigenvalue weighted by Gasteiger charge is -2.17. The van der Waals surface area contributed by atoms with Gasteiger partial charge in [-0.2, -0.15) is 4.39 Å². The van der Waals surface area contributed by atoms with Crippen LogP contribution >= 0.6 is 11.6 Å². The monoisotopic (exact) mass is 509 g/mol. The molecule has 0 aliphatic rings. The van der Waals surface area contributed by atoms with Gasteiger partial charge in [-0.05, 0) is 50.4 Å². The highest BCUT2D eigenvalue weighted by Crippen LogP contribution is 2.04. The SMILES string of the molecule is C.CCN(CC)CCNC(=O)c1ccc(Cl)nc1.CCN(CC)CCNC(=O)c1ccc([18F])nc1. The Hall–Kier alpha value is -2.62. The fourth-order valence-electron chi connectivity index (χ4n) is 2.96. The van der Waals surface area contributed by atoms with Gasteiger partial charge in [0.05, 0.1) is 11.1 Å². The van der Waals surface area contributed by atoms with E-state index in [-0.39, 0.29) is 19.2 Å². The highest BCUT2D eigenvalue weighted by atomic mass is 35.5. The number of carbonyl (C=O) groups is 2. The minimum Gasteiger partial charge on any atom is -0.351 e. The Kier molecular flexibility index (Phi) is 17.3. The summed E-state index contributed by atoms with van der Waals surface area (Å²) in [5.74, 6) is -0.907. The number of likely N-dealkylation sites (N-methyl/N-ethyl adjacent to an activating group) is 2. The molecule has 0 unspecified atom stereocenters. The zero-order valence-corrected chi connectivity index (χ0v) is 21.2. The third-order valence-corrected chi connectivity index (χ3v) is 5.42. The number of pyridine rings is 2. The summed E-state index contributed by atoms with van der Waals surface area (Å²) in [6, 6.07) is 5.89. The van der Waals surface area contributed by atoms with Crippen molar-refractivity contribution in [2.24, 2.45) is 0 Å². The van der Waals surface area contributed by atoms with Crippen LogP contribution < -0.4 is 10.6 Å². The van der Waals surface area contributed by atoms with E-state index in [0.717, 1.165) is 39.3 Å². The predicted octanol–water partition coefficient (Wildman–Crippen LogP) is 3.74. The lowest BCUT2D eigenvalue weighted by atomic mass is 10.2. The number of rotatable bonds is 12. The van der Waals surface area contributed by atoms with Crippen LogP contribution in [0, 0.1) is 5.95 Å². The molecule has 0 atom stereocenters. The van der Waals surface area contributed by atoms with Crippen molar-refractivity contribution in [3.63, 3.8) is 0 Å². The molecule has 0 aliphatic heterocycles. The van der Waals surface area contributed by atoms with Gasteiger partial charge < -0.3 is 20.4 Å². The van der Waals surface area contributed by atoms with E-state index >= 15 is 0 Å². The molecule has 2 N–H and O–H groups in total. The summed E-state index contributed by atoms with van der Waals surface area (Å²) in [7, 11) is 0. The minimum absolute atomic E-state index is 0. The van der Waals surface area contributed by atoms with Gasteiger partial charge in [0.15, 0.2) is 0 Å². The van der Waals surface area contributed by atoms with Gasteiger partial charge in [0.2, 0.25) is 5.95 Å². The first-order valence-corrected chi connectivity index (χ1v) is 12.0. The van der Waals surface area contributed by atoms with E-state index in [9.17, 15) is 14.0 Å². The molecular formula is C25H40ClFN6O2. The molecule has 35 heavy (non-hydrogen) atoms. The number of hydrogen-bond donors (Lipinski definition) is 2. The first-order valence-electron chi connectivity index (χ1n) is 11.6. The summed E-state index contributed by atoms with van der Waals surface area (Å²) in [4.78, 5) is 35.1. The average Bonchev–Trinajstić information content (AvgIpc) is 2.85. The standard InChI is InChI=1S/C12H18ClN3O.C12H18FN3O.CH4/c2*1-3-16(4-2)8-7-14-12(17)10-5-6-11(13)15-9-10;/h2*5-6,9H,3-4,7-8H2,1-2H3,(H,14,17);1H4/i;13-1;. The van der Waals surface area contributed by atoms with Crippen LogP contribution in [0.15, 0.2) is 36.7 Å². The van der Waals surface area contributed by atoms with Crippen LogP contribution in [0.2, 0.25) is 5.15 Å². The first kappa shape index (κ1) is 32.4. The van der Waals surface area contributed by atoms with Crippen molar-refractivity contribution >= 4 is 23.4 Å². The Balaban J connectivity index is 0.000000642. The Morgan fingerprint density at radius 1 is 0.800 bits per heavy atom. The number of aromatic nitrogens is 2. The van der Waals surface area contributed by atoms with Crippen LogP contribution in [0.4, 0.5) is 4.39 Å². The van der Waals surface area contributed by atoms with E-state index in [4.69, 9.17) is 11.6 Å². The van der Waals surface area contributed by atoms with Crippen LogP contribution in [0.3, 0.4) is 0 Å². The highest BCUT2D eigenvalue weighted by Gasteiger charge is 2.07. The van der Waals surface area contributed by atoms with Gasteiger partial charge in [-0.3, -0.25) is 9.59 Å². The fraction of sp³-hybridized carbons (Fsp3) is 0.520. The van der Waals surface area contributed by atoms with Gasteiger partial charge >= 0.3 is 0 Å². The van der Waals surface area contributed by atoms with Gasteiger partial charge in [0.25, 0.3) is 11.8 Å². The quantitative estimate of drug-likeness (QED) is 0.424. The largest absolute Gasteiger partial charge is 0.351 e. The number of halogens is 2. The third kappa shape index (κ3) is 13.2. The van der Waals surface area contributed by atoms with Crippen molar-refractivity contribution in [2.45, 2.75) is 35.1 Å². The van der Waals surface area contributed by atoms with Crippen LogP contribution in [-0.2, 0) is 0 Å². The molecule has 0 aliphatic carbocycles. The van der Waals surface area contributed by atoms with Crippen molar-refractivity contribution in [1.82, 2.24) is 30.4 Å². The van der Waals surface area contributed by atoms with Gasteiger partial charge in [-0.15, -0.1) is 0 Å². The first-order chi connectivity index (χ1) is 16.3. The molecule has 0 saturated heterocycles. The second kappa shape index (κ2) is 18.7. The topological polar surface area (TPSA) is 90.5 Å². The maximum Gasteiger partial charge on any atom is 0.252 e. The fourth-order valence-corrected chi connectivity index (χ4v) is 3.07. The summed E-state index contributed by atoms with van der Waals surface area (Å²) in [6.07, 6.45) is 2.72. The predicted molar refractivity (Wildman–Crippen MR) is 140 cm³/mol. The molecule has 0 fully saturated rings. The van der Waals surface area contributed by atoms with Crippen molar-refractivity contribution in [1.29, 1.82) is 0 Å². The smallest absolute Gasteiger partial charge is 0.252 e. The Bertz CT molecular complexity index is 773. The van der Waals surface area contributed by atoms with E-state index < -0.39 is 5.95 Å². The molecule has 2 aromatic heterocycles. The van der Waals surface area contributed by atoms with Crippen LogP contribution in [0.1, 0.15) is 55.8 Å². The molecule has 0 saturated carbocycles. The van der Waals surface area contributed by atoms with Gasteiger partial charge in [0.1, 0.15) is 5.15 Å². The van der Waals surface area contributed by atoms with Crippen LogP contribution in [0.25, 0.3) is 0 Å². The third-order valence-electron chi connectivity index (χ3n) is 5.20. The van der Waals surface area contributed by atoms with Crippen molar-refractivity contribution < 1.29 is 14.0 Å². The van der Waals surface area contributed by atoms with Gasteiger partial charge in [-0.25, -0.2) is 9.97 Å². The maximum absolute atomic E-state index is 12.6. The van der Waals surface area contributed by atoms with E-state index in [0.29, 0.717) is 29.4 Å². The summed E-state index contributed by atoms with van der Waals surface area (Å²) < 4.78 is 12.6. The summed E-state index contributed by atoms with van der Waals surface area (Å²) >= 11 is 5.65. The Labute approximate surface area is 214 Å².